The highest BCUT2D eigenvalue weighted by molar-refractivity contribution is 6.31. The number of halogens is 1. The summed E-state index contributed by atoms with van der Waals surface area (Å²) in [5.74, 6) is -0.568. The van der Waals surface area contributed by atoms with E-state index in [2.05, 4.69) is 10.2 Å². The zero-order chi connectivity index (χ0) is 12.3. The Morgan fingerprint density at radius 3 is 2.62 bits per heavy atom. The van der Waals surface area contributed by atoms with Crippen LogP contribution in [-0.4, -0.2) is 16.6 Å². The lowest BCUT2D eigenvalue weighted by molar-refractivity contribution is 0.00691. The number of carbonyl (C=O) groups is 1. The minimum Gasteiger partial charge on any atom is -0.456 e. The molecule has 0 spiro atoms. The SMILES string of the molecule is CC(C)(C)OC(=O)c1cnc(Cl)c(N=O)c1. The Morgan fingerprint density at radius 2 is 2.12 bits per heavy atom. The summed E-state index contributed by atoms with van der Waals surface area (Å²) < 4.78 is 5.10. The fraction of sp³-hybridized carbons (Fsp3) is 0.400. The molecule has 1 aromatic rings. The zero-order valence-electron chi connectivity index (χ0n) is 9.15. The highest BCUT2D eigenvalue weighted by Gasteiger charge is 2.19. The third-order valence-corrected chi connectivity index (χ3v) is 1.84. The smallest absolute Gasteiger partial charge is 0.340 e. The molecular formula is C10H11ClN2O3. The van der Waals surface area contributed by atoms with E-state index in [1.807, 2.05) is 0 Å². The van der Waals surface area contributed by atoms with Crippen LogP contribution in [0.3, 0.4) is 0 Å². The maximum Gasteiger partial charge on any atom is 0.340 e. The topological polar surface area (TPSA) is 68.6 Å². The molecule has 0 aliphatic rings. The molecular weight excluding hydrogens is 232 g/mol. The van der Waals surface area contributed by atoms with Crippen molar-refractivity contribution in [3.63, 3.8) is 0 Å². The molecule has 0 amide bonds. The third kappa shape index (κ3) is 3.27. The molecule has 1 heterocycles. The molecule has 1 aromatic heterocycles. The van der Waals surface area contributed by atoms with E-state index >= 15 is 0 Å². The average molecular weight is 243 g/mol. The molecule has 0 atom stereocenters. The first-order valence-electron chi connectivity index (χ1n) is 4.56. The van der Waals surface area contributed by atoms with E-state index in [4.69, 9.17) is 16.3 Å². The zero-order valence-corrected chi connectivity index (χ0v) is 9.91. The van der Waals surface area contributed by atoms with E-state index in [1.54, 1.807) is 20.8 Å². The van der Waals surface area contributed by atoms with Crippen molar-refractivity contribution in [1.29, 1.82) is 0 Å². The number of rotatable bonds is 2. The fourth-order valence-corrected chi connectivity index (χ4v) is 1.09. The maximum atomic E-state index is 11.6. The Bertz CT molecular complexity index is 427. The van der Waals surface area contributed by atoms with Crippen molar-refractivity contribution in [1.82, 2.24) is 4.98 Å². The summed E-state index contributed by atoms with van der Waals surface area (Å²) in [4.78, 5) is 25.6. The van der Waals surface area contributed by atoms with E-state index in [1.165, 1.54) is 12.3 Å². The largest absolute Gasteiger partial charge is 0.456 e. The molecule has 1 rings (SSSR count). The highest BCUT2D eigenvalue weighted by Crippen LogP contribution is 2.23. The predicted molar refractivity (Wildman–Crippen MR) is 59.9 cm³/mol. The van der Waals surface area contributed by atoms with Gasteiger partial charge in [0.15, 0.2) is 5.15 Å². The summed E-state index contributed by atoms with van der Waals surface area (Å²) in [6, 6.07) is 1.25. The van der Waals surface area contributed by atoms with Gasteiger partial charge in [-0.25, -0.2) is 9.78 Å². The van der Waals surface area contributed by atoms with Gasteiger partial charge in [-0.1, -0.05) is 11.6 Å². The van der Waals surface area contributed by atoms with Gasteiger partial charge in [0.1, 0.15) is 11.3 Å². The molecule has 5 nitrogen and oxygen atoms in total. The van der Waals surface area contributed by atoms with E-state index < -0.39 is 11.6 Å². The maximum absolute atomic E-state index is 11.6. The first kappa shape index (κ1) is 12.6. The second kappa shape index (κ2) is 4.57. The summed E-state index contributed by atoms with van der Waals surface area (Å²) in [7, 11) is 0. The molecule has 0 bridgehead atoms. The summed E-state index contributed by atoms with van der Waals surface area (Å²) in [5.41, 5.74) is -0.537. The minimum absolute atomic E-state index is 0.0395. The summed E-state index contributed by atoms with van der Waals surface area (Å²) >= 11 is 5.58. The van der Waals surface area contributed by atoms with Crippen LogP contribution in [0.2, 0.25) is 5.15 Å². The first-order valence-corrected chi connectivity index (χ1v) is 4.93. The molecule has 16 heavy (non-hydrogen) atoms. The van der Waals surface area contributed by atoms with Crippen molar-refractivity contribution in [2.45, 2.75) is 26.4 Å². The van der Waals surface area contributed by atoms with Crippen LogP contribution in [0.5, 0.6) is 0 Å². The quantitative estimate of drug-likeness (QED) is 0.454. The van der Waals surface area contributed by atoms with Crippen molar-refractivity contribution in [2.75, 3.05) is 0 Å². The normalized spacial score (nSPS) is 11.0. The van der Waals surface area contributed by atoms with Gasteiger partial charge in [0, 0.05) is 6.20 Å². The Morgan fingerprint density at radius 1 is 1.50 bits per heavy atom. The number of pyridine rings is 1. The Labute approximate surface area is 97.7 Å². The lowest BCUT2D eigenvalue weighted by atomic mass is 10.2. The van der Waals surface area contributed by atoms with Gasteiger partial charge in [-0.2, -0.15) is 0 Å². The monoisotopic (exact) mass is 242 g/mol. The molecule has 0 saturated heterocycles. The Balaban J connectivity index is 2.97. The van der Waals surface area contributed by atoms with Crippen LogP contribution >= 0.6 is 11.6 Å². The number of ether oxygens (including phenoxy) is 1. The predicted octanol–water partition coefficient (Wildman–Crippen LogP) is 3.09. The molecule has 86 valence electrons. The van der Waals surface area contributed by atoms with Gasteiger partial charge < -0.3 is 4.74 Å². The highest BCUT2D eigenvalue weighted by atomic mass is 35.5. The average Bonchev–Trinajstić information content (AvgIpc) is 2.15. The van der Waals surface area contributed by atoms with Crippen LogP contribution in [-0.2, 0) is 4.74 Å². The minimum atomic E-state index is -0.606. The standard InChI is InChI=1S/C10H11ClN2O3/c1-10(2,3)16-9(14)6-4-7(13-15)8(11)12-5-6/h4-5H,1-3H3. The number of carbonyl (C=O) groups excluding carboxylic acids is 1. The van der Waals surface area contributed by atoms with Gasteiger partial charge in [0.2, 0.25) is 0 Å². The number of hydrogen-bond acceptors (Lipinski definition) is 5. The molecule has 0 saturated carbocycles. The number of aromatic nitrogens is 1. The van der Waals surface area contributed by atoms with E-state index in [0.717, 1.165) is 0 Å². The van der Waals surface area contributed by atoms with Crippen molar-refractivity contribution in [3.8, 4) is 0 Å². The van der Waals surface area contributed by atoms with E-state index in [-0.39, 0.29) is 16.4 Å². The molecule has 0 N–H and O–H groups in total. The number of esters is 1. The van der Waals surface area contributed by atoms with Gasteiger partial charge in [-0.15, -0.1) is 4.91 Å². The third-order valence-electron chi connectivity index (χ3n) is 1.55. The lowest BCUT2D eigenvalue weighted by Gasteiger charge is -2.19. The van der Waals surface area contributed by atoms with Gasteiger partial charge in [-0.3, -0.25) is 0 Å². The van der Waals surface area contributed by atoms with Gasteiger partial charge in [-0.05, 0) is 32.0 Å². The van der Waals surface area contributed by atoms with Crippen LogP contribution < -0.4 is 0 Å². The van der Waals surface area contributed by atoms with Gasteiger partial charge in [0.05, 0.1) is 5.56 Å². The molecule has 0 fully saturated rings. The number of nitrogens with zero attached hydrogens (tertiary/aromatic N) is 2. The lowest BCUT2D eigenvalue weighted by Crippen LogP contribution is -2.23. The van der Waals surface area contributed by atoms with Crippen LogP contribution in [0.1, 0.15) is 31.1 Å². The molecule has 0 radical (unpaired) electrons. The van der Waals surface area contributed by atoms with Gasteiger partial charge >= 0.3 is 5.97 Å². The summed E-state index contributed by atoms with van der Waals surface area (Å²) in [5, 5.41) is 2.62. The molecule has 0 unspecified atom stereocenters. The number of hydrogen-bond donors (Lipinski definition) is 0. The fourth-order valence-electron chi connectivity index (χ4n) is 0.949. The van der Waals surface area contributed by atoms with Crippen molar-refractivity contribution in [2.24, 2.45) is 5.18 Å². The van der Waals surface area contributed by atoms with Gasteiger partial charge in [0.25, 0.3) is 0 Å². The van der Waals surface area contributed by atoms with Crippen LogP contribution in [0.25, 0.3) is 0 Å². The summed E-state index contributed by atoms with van der Waals surface area (Å²) in [6.07, 6.45) is 1.24. The summed E-state index contributed by atoms with van der Waals surface area (Å²) in [6.45, 7) is 5.23. The van der Waals surface area contributed by atoms with Crippen molar-refractivity contribution >= 4 is 23.3 Å². The molecule has 0 aliphatic heterocycles. The second-order valence-electron chi connectivity index (χ2n) is 4.13. The van der Waals surface area contributed by atoms with Crippen LogP contribution in [0.15, 0.2) is 17.4 Å². The first-order chi connectivity index (χ1) is 7.33. The molecule has 0 aliphatic carbocycles. The van der Waals surface area contributed by atoms with Crippen molar-refractivity contribution in [3.05, 3.63) is 27.9 Å². The van der Waals surface area contributed by atoms with Crippen LogP contribution in [0, 0.1) is 4.91 Å². The Hall–Kier alpha value is -1.49. The number of nitroso groups, excluding NO2 is 1. The molecule has 0 aromatic carbocycles. The van der Waals surface area contributed by atoms with E-state index in [0.29, 0.717) is 0 Å². The second-order valence-corrected chi connectivity index (χ2v) is 4.49. The molecule has 6 heteroatoms. The van der Waals surface area contributed by atoms with E-state index in [9.17, 15) is 9.70 Å². The Kier molecular flexibility index (Phi) is 3.59. The van der Waals surface area contributed by atoms with Crippen molar-refractivity contribution < 1.29 is 9.53 Å². The van der Waals surface area contributed by atoms with Crippen LogP contribution in [0.4, 0.5) is 5.69 Å².